The molecule has 0 spiro atoms. The molecule has 1 amide bonds. The minimum Gasteiger partial charge on any atom is -0.462 e. The zero-order valence-corrected chi connectivity index (χ0v) is 11.1. The van der Waals surface area contributed by atoms with Crippen molar-refractivity contribution in [2.75, 3.05) is 19.8 Å². The van der Waals surface area contributed by atoms with Crippen molar-refractivity contribution in [2.24, 2.45) is 0 Å². The van der Waals surface area contributed by atoms with Gasteiger partial charge in [-0.05, 0) is 6.92 Å². The highest BCUT2D eigenvalue weighted by Gasteiger charge is 2.08. The molecule has 0 unspecified atom stereocenters. The fraction of sp³-hybridized carbons (Fsp3) is 0.462. The number of esters is 2. The van der Waals surface area contributed by atoms with E-state index in [9.17, 15) is 14.4 Å². The lowest BCUT2D eigenvalue weighted by molar-refractivity contribution is -0.150. The van der Waals surface area contributed by atoms with Crippen LogP contribution in [-0.4, -0.2) is 37.6 Å². The van der Waals surface area contributed by atoms with E-state index >= 15 is 0 Å². The molecule has 0 aromatic rings. The molecule has 0 saturated heterocycles. The van der Waals surface area contributed by atoms with Crippen molar-refractivity contribution in [3.05, 3.63) is 24.8 Å². The Hall–Kier alpha value is -2.11. The lowest BCUT2D eigenvalue weighted by atomic mass is 10.3. The van der Waals surface area contributed by atoms with Crippen molar-refractivity contribution in [3.63, 3.8) is 0 Å². The molecule has 1 N–H and O–H groups in total. The van der Waals surface area contributed by atoms with Gasteiger partial charge in [0, 0.05) is 18.5 Å². The number of hydrogen-bond acceptors (Lipinski definition) is 5. The van der Waals surface area contributed by atoms with Gasteiger partial charge < -0.3 is 14.8 Å². The predicted octanol–water partition coefficient (Wildman–Crippen LogP) is 0.731. The molecule has 0 aromatic carbocycles. The van der Waals surface area contributed by atoms with E-state index in [4.69, 9.17) is 9.47 Å². The maximum Gasteiger partial charge on any atom is 0.333 e. The van der Waals surface area contributed by atoms with Crippen LogP contribution in [0.1, 0.15) is 19.8 Å². The predicted molar refractivity (Wildman–Crippen MR) is 69.2 cm³/mol. The zero-order chi connectivity index (χ0) is 14.7. The van der Waals surface area contributed by atoms with E-state index in [0.29, 0.717) is 6.54 Å². The first kappa shape index (κ1) is 16.9. The fourth-order valence-electron chi connectivity index (χ4n) is 0.975. The van der Waals surface area contributed by atoms with Crippen molar-refractivity contribution < 1.29 is 23.9 Å². The number of rotatable bonds is 9. The molecule has 0 atom stereocenters. The average molecular weight is 269 g/mol. The molecule has 0 saturated carbocycles. The number of nitrogens with one attached hydrogen (secondary N) is 1. The van der Waals surface area contributed by atoms with E-state index in [-0.39, 0.29) is 37.5 Å². The summed E-state index contributed by atoms with van der Waals surface area (Å²) in [6, 6.07) is 0. The Labute approximate surface area is 112 Å². The van der Waals surface area contributed by atoms with Crippen molar-refractivity contribution in [3.8, 4) is 0 Å². The number of hydrogen-bond donors (Lipinski definition) is 1. The highest BCUT2D eigenvalue weighted by Crippen LogP contribution is 1.95. The third-order valence-electron chi connectivity index (χ3n) is 1.93. The van der Waals surface area contributed by atoms with Gasteiger partial charge in [-0.3, -0.25) is 9.59 Å². The largest absolute Gasteiger partial charge is 0.462 e. The van der Waals surface area contributed by atoms with Gasteiger partial charge in [0.05, 0.1) is 6.42 Å². The van der Waals surface area contributed by atoms with E-state index in [1.54, 1.807) is 6.08 Å². The Balaban J connectivity index is 3.59. The minimum absolute atomic E-state index is 0.0165. The lowest BCUT2D eigenvalue weighted by Crippen LogP contribution is -2.24. The summed E-state index contributed by atoms with van der Waals surface area (Å²) < 4.78 is 9.51. The first-order valence-corrected chi connectivity index (χ1v) is 5.83. The molecule has 0 radical (unpaired) electrons. The molecular weight excluding hydrogens is 250 g/mol. The monoisotopic (exact) mass is 269 g/mol. The van der Waals surface area contributed by atoms with Crippen molar-refractivity contribution in [1.29, 1.82) is 0 Å². The summed E-state index contributed by atoms with van der Waals surface area (Å²) in [5, 5.41) is 2.54. The molecule has 0 bridgehead atoms. The van der Waals surface area contributed by atoms with Crippen LogP contribution in [0.4, 0.5) is 0 Å². The summed E-state index contributed by atoms with van der Waals surface area (Å²) in [5.41, 5.74) is 0.283. The Morgan fingerprint density at radius 3 is 2.37 bits per heavy atom. The van der Waals surface area contributed by atoms with Gasteiger partial charge in [0.25, 0.3) is 0 Å². The van der Waals surface area contributed by atoms with Crippen LogP contribution in [0.25, 0.3) is 0 Å². The van der Waals surface area contributed by atoms with Gasteiger partial charge in [0.1, 0.15) is 13.2 Å². The molecule has 0 aliphatic rings. The Kier molecular flexibility index (Phi) is 8.78. The Bertz CT molecular complexity index is 362. The first-order chi connectivity index (χ1) is 8.97. The van der Waals surface area contributed by atoms with Crippen LogP contribution in [-0.2, 0) is 23.9 Å². The van der Waals surface area contributed by atoms with Gasteiger partial charge in [-0.15, -0.1) is 6.58 Å². The standard InChI is InChI=1S/C13H19NO5/c1-4-7-14-11(15)5-6-12(16)18-8-9-19-13(17)10(2)3/h4H,1-2,5-9H2,3H3,(H,14,15). The molecule has 0 heterocycles. The molecule has 6 heteroatoms. The van der Waals surface area contributed by atoms with Crippen LogP contribution in [0, 0.1) is 0 Å². The van der Waals surface area contributed by atoms with Crippen LogP contribution < -0.4 is 5.32 Å². The summed E-state index contributed by atoms with van der Waals surface area (Å²) in [7, 11) is 0. The minimum atomic E-state index is -0.528. The maximum absolute atomic E-state index is 11.2. The molecular formula is C13H19NO5. The molecule has 0 fully saturated rings. The highest BCUT2D eigenvalue weighted by molar-refractivity contribution is 5.86. The van der Waals surface area contributed by atoms with Crippen molar-refractivity contribution in [2.45, 2.75) is 19.8 Å². The summed E-state index contributed by atoms with van der Waals surface area (Å²) in [4.78, 5) is 33.4. The molecule has 106 valence electrons. The first-order valence-electron chi connectivity index (χ1n) is 5.83. The van der Waals surface area contributed by atoms with Crippen molar-refractivity contribution >= 4 is 17.8 Å². The van der Waals surface area contributed by atoms with Crippen LogP contribution >= 0.6 is 0 Å². The van der Waals surface area contributed by atoms with E-state index in [0.717, 1.165) is 0 Å². The molecule has 6 nitrogen and oxygen atoms in total. The molecule has 0 aromatic heterocycles. The van der Waals surface area contributed by atoms with Gasteiger partial charge in [-0.1, -0.05) is 12.7 Å². The summed E-state index contributed by atoms with van der Waals surface area (Å²) in [6.45, 7) is 8.69. The van der Waals surface area contributed by atoms with Gasteiger partial charge in [0.2, 0.25) is 5.91 Å². The van der Waals surface area contributed by atoms with Gasteiger partial charge in [-0.25, -0.2) is 4.79 Å². The van der Waals surface area contributed by atoms with Crippen LogP contribution in [0.3, 0.4) is 0 Å². The Morgan fingerprint density at radius 1 is 1.16 bits per heavy atom. The smallest absolute Gasteiger partial charge is 0.333 e. The quantitative estimate of drug-likeness (QED) is 0.289. The Morgan fingerprint density at radius 2 is 1.79 bits per heavy atom. The summed E-state index contributed by atoms with van der Waals surface area (Å²) >= 11 is 0. The van der Waals surface area contributed by atoms with Gasteiger partial charge in [-0.2, -0.15) is 0 Å². The van der Waals surface area contributed by atoms with E-state index < -0.39 is 11.9 Å². The SMILES string of the molecule is C=CCNC(=O)CCC(=O)OCCOC(=O)C(=C)C. The molecule has 0 aliphatic carbocycles. The lowest BCUT2D eigenvalue weighted by Gasteiger charge is -2.06. The highest BCUT2D eigenvalue weighted by atomic mass is 16.6. The second-order valence-electron chi connectivity index (χ2n) is 3.73. The third kappa shape index (κ3) is 9.58. The van der Waals surface area contributed by atoms with E-state index in [1.165, 1.54) is 6.92 Å². The normalized spacial score (nSPS) is 9.32. The van der Waals surface area contributed by atoms with Crippen LogP contribution in [0.15, 0.2) is 24.8 Å². The maximum atomic E-state index is 11.2. The number of carbonyl (C=O) groups excluding carboxylic acids is 3. The summed E-state index contributed by atoms with van der Waals surface area (Å²) in [6.07, 6.45) is 1.59. The van der Waals surface area contributed by atoms with Crippen molar-refractivity contribution in [1.82, 2.24) is 5.32 Å². The third-order valence-corrected chi connectivity index (χ3v) is 1.93. The fourth-order valence-corrected chi connectivity index (χ4v) is 0.975. The molecule has 0 aliphatic heterocycles. The molecule has 19 heavy (non-hydrogen) atoms. The number of amides is 1. The average Bonchev–Trinajstić information content (AvgIpc) is 2.38. The van der Waals surface area contributed by atoms with Gasteiger partial charge >= 0.3 is 11.9 Å². The topological polar surface area (TPSA) is 81.7 Å². The summed E-state index contributed by atoms with van der Waals surface area (Å²) in [5.74, 6) is -1.29. The second kappa shape index (κ2) is 9.87. The van der Waals surface area contributed by atoms with E-state index in [1.807, 2.05) is 0 Å². The number of carbonyl (C=O) groups is 3. The second-order valence-corrected chi connectivity index (χ2v) is 3.73. The molecule has 0 rings (SSSR count). The number of ether oxygens (including phenoxy) is 2. The van der Waals surface area contributed by atoms with Gasteiger partial charge in [0.15, 0.2) is 0 Å². The zero-order valence-electron chi connectivity index (χ0n) is 11.1. The van der Waals surface area contributed by atoms with E-state index in [2.05, 4.69) is 18.5 Å². The van der Waals surface area contributed by atoms with Crippen LogP contribution in [0.2, 0.25) is 0 Å². The van der Waals surface area contributed by atoms with Crippen LogP contribution in [0.5, 0.6) is 0 Å².